The molecule has 0 aromatic heterocycles. The maximum atomic E-state index is 14.6. The average molecular weight is 419 g/mol. The molecule has 1 amide bonds. The molecule has 31 heavy (non-hydrogen) atoms. The molecular weight excluding hydrogens is 397 g/mol. The van der Waals surface area contributed by atoms with Gasteiger partial charge in [0.2, 0.25) is 0 Å². The number of carbonyl (C=O) groups excluding carboxylic acids is 2. The molecule has 1 saturated heterocycles. The summed E-state index contributed by atoms with van der Waals surface area (Å²) in [6.07, 6.45) is -0.790. The van der Waals surface area contributed by atoms with Gasteiger partial charge in [0.1, 0.15) is 5.82 Å². The van der Waals surface area contributed by atoms with Gasteiger partial charge in [-0.25, -0.2) is 9.18 Å². The smallest absolute Gasteiger partial charge is 0.333 e. The lowest BCUT2D eigenvalue weighted by Gasteiger charge is -2.49. The maximum Gasteiger partial charge on any atom is 0.333 e. The van der Waals surface area contributed by atoms with Gasteiger partial charge in [0.25, 0.3) is 5.91 Å². The minimum absolute atomic E-state index is 0.0881. The van der Waals surface area contributed by atoms with Gasteiger partial charge in [-0.2, -0.15) is 0 Å². The predicted octanol–water partition coefficient (Wildman–Crippen LogP) is 4.21. The zero-order valence-corrected chi connectivity index (χ0v) is 17.0. The van der Waals surface area contributed by atoms with Crippen molar-refractivity contribution < 1.29 is 23.5 Å². The Morgan fingerprint density at radius 1 is 0.968 bits per heavy atom. The van der Waals surface area contributed by atoms with Gasteiger partial charge in [0, 0.05) is 5.56 Å². The summed E-state index contributed by atoms with van der Waals surface area (Å²) in [5.41, 5.74) is 1.81. The van der Waals surface area contributed by atoms with E-state index < -0.39 is 30.0 Å². The summed E-state index contributed by atoms with van der Waals surface area (Å²) >= 11 is 0. The Hall–Kier alpha value is -3.51. The van der Waals surface area contributed by atoms with Crippen LogP contribution in [0.3, 0.4) is 0 Å². The molecule has 0 N–H and O–H groups in total. The fraction of sp³-hybridized carbons (Fsp3) is 0.200. The Morgan fingerprint density at radius 3 is 2.23 bits per heavy atom. The highest BCUT2D eigenvalue weighted by Gasteiger charge is 2.54. The van der Waals surface area contributed by atoms with E-state index >= 15 is 0 Å². The highest BCUT2D eigenvalue weighted by atomic mass is 19.1. The topological polar surface area (TPSA) is 55.8 Å². The first-order valence-electron chi connectivity index (χ1n) is 9.96. The molecule has 0 saturated carbocycles. The van der Waals surface area contributed by atoms with Crippen molar-refractivity contribution in [3.63, 3.8) is 0 Å². The van der Waals surface area contributed by atoms with Gasteiger partial charge in [0.05, 0.1) is 19.8 Å². The van der Waals surface area contributed by atoms with Crippen LogP contribution in [0.5, 0.6) is 0 Å². The largest absolute Gasteiger partial charge is 0.467 e. The molecule has 3 aromatic rings. The molecule has 1 unspecified atom stereocenters. The Kier molecular flexibility index (Phi) is 6.09. The maximum absolute atomic E-state index is 14.6. The summed E-state index contributed by atoms with van der Waals surface area (Å²) in [6.45, 7) is 0.247. The van der Waals surface area contributed by atoms with Crippen LogP contribution in [0.2, 0.25) is 0 Å². The molecule has 1 aliphatic heterocycles. The number of esters is 1. The molecule has 0 radical (unpaired) electrons. The number of β-lactam (4-membered cyclic amide) rings is 1. The lowest BCUT2D eigenvalue weighted by molar-refractivity contribution is -0.189. The van der Waals surface area contributed by atoms with Crippen LogP contribution in [0.15, 0.2) is 84.9 Å². The second kappa shape index (κ2) is 9.10. The summed E-state index contributed by atoms with van der Waals surface area (Å²) in [4.78, 5) is 27.2. The molecule has 3 atom stereocenters. The lowest BCUT2D eigenvalue weighted by Crippen LogP contribution is -2.62. The standard InChI is InChI=1S/C25H22FNO4/c1-30-25(29)22(19-14-8-9-15-20(19)26)27-21(18-12-6-3-7-13-18)23(24(27)28)31-16-17-10-4-2-5-11-17/h2-15,21-23H,16H2,1H3/t21-,22?,23+/m1/s1. The number of benzene rings is 3. The highest BCUT2D eigenvalue weighted by Crippen LogP contribution is 2.44. The van der Waals surface area contributed by atoms with Gasteiger partial charge in [-0.05, 0) is 17.2 Å². The molecule has 4 rings (SSSR count). The fourth-order valence-corrected chi connectivity index (χ4v) is 3.88. The highest BCUT2D eigenvalue weighted by molar-refractivity contribution is 5.94. The third-order valence-electron chi connectivity index (χ3n) is 5.40. The number of methoxy groups -OCH3 is 1. The second-order valence-electron chi connectivity index (χ2n) is 7.27. The van der Waals surface area contributed by atoms with Gasteiger partial charge in [-0.15, -0.1) is 0 Å². The number of amides is 1. The number of halogens is 1. The summed E-state index contributed by atoms with van der Waals surface area (Å²) in [6, 6.07) is 22.9. The van der Waals surface area contributed by atoms with E-state index in [1.54, 1.807) is 6.07 Å². The van der Waals surface area contributed by atoms with Crippen LogP contribution >= 0.6 is 0 Å². The van der Waals surface area contributed by atoms with Crippen LogP contribution < -0.4 is 0 Å². The first-order valence-corrected chi connectivity index (χ1v) is 9.96. The van der Waals surface area contributed by atoms with E-state index in [4.69, 9.17) is 9.47 Å². The SMILES string of the molecule is COC(=O)C(c1ccccc1F)N1C(=O)[C@@H](OCc2ccccc2)[C@H]1c1ccccc1. The van der Waals surface area contributed by atoms with E-state index in [1.165, 1.54) is 30.2 Å². The third kappa shape index (κ3) is 4.07. The molecule has 1 aliphatic rings. The van der Waals surface area contributed by atoms with Crippen molar-refractivity contribution in [2.45, 2.75) is 24.8 Å². The summed E-state index contributed by atoms with van der Waals surface area (Å²) in [7, 11) is 1.22. The monoisotopic (exact) mass is 419 g/mol. The van der Waals surface area contributed by atoms with E-state index in [1.807, 2.05) is 60.7 Å². The molecule has 158 valence electrons. The number of hydrogen-bond acceptors (Lipinski definition) is 4. The molecule has 0 bridgehead atoms. The van der Waals surface area contributed by atoms with Crippen LogP contribution in [0.25, 0.3) is 0 Å². The Morgan fingerprint density at radius 2 is 1.58 bits per heavy atom. The molecule has 6 heteroatoms. The molecule has 5 nitrogen and oxygen atoms in total. The Balaban J connectivity index is 1.68. The molecule has 0 aliphatic carbocycles. The Labute approximate surface area is 180 Å². The molecular formula is C25H22FNO4. The first kappa shape index (κ1) is 20.8. The van der Waals surface area contributed by atoms with E-state index in [9.17, 15) is 14.0 Å². The number of rotatable bonds is 7. The quantitative estimate of drug-likeness (QED) is 0.425. The van der Waals surface area contributed by atoms with Gasteiger partial charge in [-0.1, -0.05) is 78.9 Å². The number of nitrogens with zero attached hydrogens (tertiary/aromatic N) is 1. The fourth-order valence-electron chi connectivity index (χ4n) is 3.88. The number of likely N-dealkylation sites (tertiary alicyclic amines) is 1. The van der Waals surface area contributed by atoms with Crippen molar-refractivity contribution in [1.82, 2.24) is 4.90 Å². The lowest BCUT2D eigenvalue weighted by atomic mass is 9.86. The molecule has 3 aromatic carbocycles. The second-order valence-corrected chi connectivity index (χ2v) is 7.27. The first-order chi connectivity index (χ1) is 15.1. The van der Waals surface area contributed by atoms with Crippen molar-refractivity contribution in [1.29, 1.82) is 0 Å². The zero-order valence-electron chi connectivity index (χ0n) is 17.0. The van der Waals surface area contributed by atoms with Crippen LogP contribution in [0.1, 0.15) is 28.8 Å². The number of hydrogen-bond donors (Lipinski definition) is 0. The van der Waals surface area contributed by atoms with E-state index in [0.29, 0.717) is 0 Å². The van der Waals surface area contributed by atoms with Gasteiger partial charge in [-0.3, -0.25) is 4.79 Å². The predicted molar refractivity (Wildman–Crippen MR) is 112 cm³/mol. The van der Waals surface area contributed by atoms with Gasteiger partial charge < -0.3 is 14.4 Å². The van der Waals surface area contributed by atoms with Crippen LogP contribution in [-0.2, 0) is 25.7 Å². The molecule has 1 fully saturated rings. The average Bonchev–Trinajstić information content (AvgIpc) is 2.81. The number of carbonyl (C=O) groups is 2. The van der Waals surface area contributed by atoms with Crippen LogP contribution in [-0.4, -0.2) is 30.0 Å². The van der Waals surface area contributed by atoms with Gasteiger partial charge in [0.15, 0.2) is 12.1 Å². The van der Waals surface area contributed by atoms with E-state index in [-0.39, 0.29) is 18.1 Å². The van der Waals surface area contributed by atoms with Crippen LogP contribution in [0, 0.1) is 5.82 Å². The van der Waals surface area contributed by atoms with Crippen LogP contribution in [0.4, 0.5) is 4.39 Å². The summed E-state index contributed by atoms with van der Waals surface area (Å²) < 4.78 is 25.5. The molecule has 1 heterocycles. The van der Waals surface area contributed by atoms with E-state index in [2.05, 4.69) is 0 Å². The van der Waals surface area contributed by atoms with Crippen molar-refractivity contribution in [2.75, 3.05) is 7.11 Å². The zero-order chi connectivity index (χ0) is 21.8. The number of ether oxygens (including phenoxy) is 2. The van der Waals surface area contributed by atoms with Crippen molar-refractivity contribution in [3.05, 3.63) is 107 Å². The normalized spacial score (nSPS) is 18.9. The Bertz CT molecular complexity index is 1060. The third-order valence-corrected chi connectivity index (χ3v) is 5.40. The minimum Gasteiger partial charge on any atom is -0.467 e. The minimum atomic E-state index is -1.21. The van der Waals surface area contributed by atoms with Gasteiger partial charge >= 0.3 is 5.97 Å². The summed E-state index contributed by atoms with van der Waals surface area (Å²) in [5.74, 6) is -1.67. The van der Waals surface area contributed by atoms with Crippen molar-refractivity contribution >= 4 is 11.9 Å². The van der Waals surface area contributed by atoms with Crippen molar-refractivity contribution in [2.24, 2.45) is 0 Å². The van der Waals surface area contributed by atoms with E-state index in [0.717, 1.165) is 11.1 Å². The summed E-state index contributed by atoms with van der Waals surface area (Å²) in [5, 5.41) is 0. The van der Waals surface area contributed by atoms with Crippen molar-refractivity contribution in [3.8, 4) is 0 Å². The molecule has 0 spiro atoms.